The van der Waals surface area contributed by atoms with E-state index < -0.39 is 0 Å². The quantitative estimate of drug-likeness (QED) is 0.533. The molecule has 2 heterocycles. The number of esters is 1. The Morgan fingerprint density at radius 2 is 1.74 bits per heavy atom. The van der Waals surface area contributed by atoms with Crippen molar-refractivity contribution in [1.82, 2.24) is 4.40 Å². The maximum absolute atomic E-state index is 12.7. The van der Waals surface area contributed by atoms with Gasteiger partial charge in [0.15, 0.2) is 5.78 Å². The van der Waals surface area contributed by atoms with Crippen molar-refractivity contribution in [2.45, 2.75) is 12.8 Å². The summed E-state index contributed by atoms with van der Waals surface area (Å²) < 4.78 is 6.50. The Morgan fingerprint density at radius 3 is 2.48 bits per heavy atom. The summed E-state index contributed by atoms with van der Waals surface area (Å²) >= 11 is 0. The molecule has 0 aliphatic rings. The summed E-state index contributed by atoms with van der Waals surface area (Å²) in [5.74, 6) is -0.444. The number of nitrogens with zero attached hydrogens (tertiary/aromatic N) is 1. The largest absolute Gasteiger partial charge is 0.469 e. The number of hydrogen-bond donors (Lipinski definition) is 0. The van der Waals surface area contributed by atoms with Crippen molar-refractivity contribution >= 4 is 17.3 Å². The summed E-state index contributed by atoms with van der Waals surface area (Å²) in [6.07, 6.45) is 2.09. The van der Waals surface area contributed by atoms with Crippen molar-refractivity contribution in [3.63, 3.8) is 0 Å². The van der Waals surface area contributed by atoms with Crippen LogP contribution in [0.1, 0.15) is 23.3 Å². The van der Waals surface area contributed by atoms with Crippen LogP contribution in [0.2, 0.25) is 0 Å². The van der Waals surface area contributed by atoms with E-state index in [2.05, 4.69) is 4.74 Å². The van der Waals surface area contributed by atoms with E-state index in [-0.39, 0.29) is 24.6 Å². The van der Waals surface area contributed by atoms with Crippen molar-refractivity contribution in [1.29, 1.82) is 0 Å². The highest BCUT2D eigenvalue weighted by molar-refractivity contribution is 6.03. The number of hydrogen-bond acceptors (Lipinski definition) is 3. The highest BCUT2D eigenvalue weighted by Crippen LogP contribution is 2.28. The molecule has 2 aromatic heterocycles. The van der Waals surface area contributed by atoms with Crippen LogP contribution in [0.4, 0.5) is 0 Å². The third kappa shape index (κ3) is 3.01. The summed E-state index contributed by atoms with van der Waals surface area (Å²) in [5.41, 5.74) is 3.42. The Hall–Kier alpha value is -2.88. The van der Waals surface area contributed by atoms with Gasteiger partial charge in [-0.1, -0.05) is 36.4 Å². The number of carbonyl (C=O) groups is 2. The Balaban J connectivity index is 2.06. The molecular weight excluding hydrogens is 290 g/mol. The van der Waals surface area contributed by atoms with Crippen LogP contribution in [-0.2, 0) is 9.53 Å². The lowest BCUT2D eigenvalue weighted by Gasteiger charge is -2.06. The summed E-state index contributed by atoms with van der Waals surface area (Å²) in [4.78, 5) is 24.0. The molecule has 4 heteroatoms. The van der Waals surface area contributed by atoms with Crippen LogP contribution in [0, 0.1) is 0 Å². The summed E-state index contributed by atoms with van der Waals surface area (Å²) in [6, 6.07) is 17.6. The number of rotatable bonds is 5. The van der Waals surface area contributed by atoms with E-state index in [9.17, 15) is 9.59 Å². The minimum atomic E-state index is -0.375. The number of carbonyl (C=O) groups excluding carboxylic acids is 2. The molecule has 23 heavy (non-hydrogen) atoms. The zero-order valence-electron chi connectivity index (χ0n) is 12.9. The molecule has 0 atom stereocenters. The zero-order chi connectivity index (χ0) is 16.2. The first kappa shape index (κ1) is 15.0. The lowest BCUT2D eigenvalue weighted by atomic mass is 10.0. The first-order valence-corrected chi connectivity index (χ1v) is 7.46. The van der Waals surface area contributed by atoms with Crippen LogP contribution in [0.3, 0.4) is 0 Å². The number of ether oxygens (including phenoxy) is 1. The molecule has 0 radical (unpaired) electrons. The third-order valence-corrected chi connectivity index (χ3v) is 3.81. The molecule has 0 aliphatic carbocycles. The van der Waals surface area contributed by atoms with Gasteiger partial charge in [0, 0.05) is 23.7 Å². The maximum atomic E-state index is 12.7. The van der Waals surface area contributed by atoms with Crippen LogP contribution in [0.15, 0.2) is 60.8 Å². The van der Waals surface area contributed by atoms with Crippen molar-refractivity contribution < 1.29 is 14.3 Å². The Morgan fingerprint density at radius 1 is 1.00 bits per heavy atom. The van der Waals surface area contributed by atoms with Crippen LogP contribution in [0.5, 0.6) is 0 Å². The normalized spacial score (nSPS) is 10.7. The maximum Gasteiger partial charge on any atom is 0.305 e. The fourth-order valence-electron chi connectivity index (χ4n) is 2.68. The fraction of sp³-hybridized carbons (Fsp3) is 0.158. The smallest absolute Gasteiger partial charge is 0.305 e. The van der Waals surface area contributed by atoms with Crippen molar-refractivity contribution in [2.24, 2.45) is 0 Å². The molecule has 0 N–H and O–H groups in total. The van der Waals surface area contributed by atoms with Gasteiger partial charge in [-0.25, -0.2) is 0 Å². The highest BCUT2D eigenvalue weighted by Gasteiger charge is 2.19. The molecule has 0 amide bonds. The van der Waals surface area contributed by atoms with E-state index in [1.807, 2.05) is 65.2 Å². The van der Waals surface area contributed by atoms with Crippen LogP contribution in [0.25, 0.3) is 16.6 Å². The highest BCUT2D eigenvalue weighted by atomic mass is 16.5. The number of Topliss-reactive ketones (excluding diaryl/α,β-unsaturated/α-hetero) is 1. The Kier molecular flexibility index (Phi) is 4.24. The minimum Gasteiger partial charge on any atom is -0.469 e. The number of pyridine rings is 1. The molecule has 3 rings (SSSR count). The summed E-state index contributed by atoms with van der Waals surface area (Å²) in [7, 11) is 1.33. The van der Waals surface area contributed by atoms with Crippen LogP contribution in [-0.4, -0.2) is 23.3 Å². The molecule has 0 fully saturated rings. The Labute approximate surface area is 134 Å². The van der Waals surface area contributed by atoms with E-state index >= 15 is 0 Å². The van der Waals surface area contributed by atoms with Gasteiger partial charge in [0.2, 0.25) is 0 Å². The third-order valence-electron chi connectivity index (χ3n) is 3.81. The second-order valence-electron chi connectivity index (χ2n) is 5.27. The zero-order valence-corrected chi connectivity index (χ0v) is 12.9. The van der Waals surface area contributed by atoms with E-state index in [1.54, 1.807) is 0 Å². The molecule has 1 aromatic carbocycles. The van der Waals surface area contributed by atoms with E-state index in [1.165, 1.54) is 7.11 Å². The van der Waals surface area contributed by atoms with Gasteiger partial charge in [0.25, 0.3) is 0 Å². The standard InChI is InChI=1S/C19H17NO3/c1-23-18(22)11-10-17(21)19-16(14-7-3-2-4-8-14)13-15-9-5-6-12-20(15)19/h2-9,12-13H,10-11H2,1H3. The first-order chi connectivity index (χ1) is 11.2. The topological polar surface area (TPSA) is 47.8 Å². The van der Waals surface area contributed by atoms with Gasteiger partial charge in [-0.15, -0.1) is 0 Å². The average molecular weight is 307 g/mol. The molecule has 0 saturated heterocycles. The number of ketones is 1. The van der Waals surface area contributed by atoms with Crippen LogP contribution >= 0.6 is 0 Å². The lowest BCUT2D eigenvalue weighted by Crippen LogP contribution is -2.09. The monoisotopic (exact) mass is 307 g/mol. The number of aromatic nitrogens is 1. The SMILES string of the molecule is COC(=O)CCC(=O)c1c(-c2ccccc2)cc2ccccn12. The summed E-state index contributed by atoms with van der Waals surface area (Å²) in [6.45, 7) is 0. The van der Waals surface area contributed by atoms with Crippen molar-refractivity contribution in [3.8, 4) is 11.1 Å². The fourth-order valence-corrected chi connectivity index (χ4v) is 2.68. The van der Waals surface area contributed by atoms with Gasteiger partial charge in [-0.3, -0.25) is 9.59 Å². The van der Waals surface area contributed by atoms with Gasteiger partial charge in [-0.2, -0.15) is 0 Å². The van der Waals surface area contributed by atoms with Gasteiger partial charge in [-0.05, 0) is 23.8 Å². The second kappa shape index (κ2) is 6.48. The predicted molar refractivity (Wildman–Crippen MR) is 88.4 cm³/mol. The predicted octanol–water partition coefficient (Wildman–Crippen LogP) is 3.74. The van der Waals surface area contributed by atoms with Gasteiger partial charge >= 0.3 is 5.97 Å². The molecule has 0 spiro atoms. The number of benzene rings is 1. The molecule has 116 valence electrons. The second-order valence-corrected chi connectivity index (χ2v) is 5.27. The van der Waals surface area contributed by atoms with Crippen molar-refractivity contribution in [2.75, 3.05) is 7.11 Å². The molecule has 0 saturated carbocycles. The first-order valence-electron chi connectivity index (χ1n) is 7.46. The molecular formula is C19H17NO3. The Bertz CT molecular complexity index is 849. The molecule has 3 aromatic rings. The van der Waals surface area contributed by atoms with E-state index in [0.29, 0.717) is 5.69 Å². The average Bonchev–Trinajstić information content (AvgIpc) is 2.99. The van der Waals surface area contributed by atoms with E-state index in [0.717, 1.165) is 16.6 Å². The van der Waals surface area contributed by atoms with Gasteiger partial charge in [0.1, 0.15) is 0 Å². The van der Waals surface area contributed by atoms with Gasteiger partial charge < -0.3 is 9.14 Å². The van der Waals surface area contributed by atoms with Gasteiger partial charge in [0.05, 0.1) is 19.2 Å². The lowest BCUT2D eigenvalue weighted by molar-refractivity contribution is -0.140. The molecule has 0 unspecified atom stereocenters. The number of methoxy groups -OCH3 is 1. The van der Waals surface area contributed by atoms with Crippen molar-refractivity contribution in [3.05, 3.63) is 66.5 Å². The van der Waals surface area contributed by atoms with Crippen LogP contribution < -0.4 is 0 Å². The molecule has 0 bridgehead atoms. The molecule has 0 aliphatic heterocycles. The molecule has 4 nitrogen and oxygen atoms in total. The number of fused-ring (bicyclic) bond motifs is 1. The minimum absolute atomic E-state index is 0.0690. The van der Waals surface area contributed by atoms with E-state index in [4.69, 9.17) is 0 Å². The summed E-state index contributed by atoms with van der Waals surface area (Å²) in [5, 5.41) is 0.